The summed E-state index contributed by atoms with van der Waals surface area (Å²) in [5, 5.41) is 0.185. The smallest absolute Gasteiger partial charge is 0.180 e. The highest BCUT2D eigenvalue weighted by Gasteiger charge is 2.20. The van der Waals surface area contributed by atoms with Crippen molar-refractivity contribution < 1.29 is 13.9 Å². The van der Waals surface area contributed by atoms with Crippen LogP contribution in [0.2, 0.25) is 5.02 Å². The van der Waals surface area contributed by atoms with Crippen LogP contribution < -0.4 is 10.5 Å². The second-order valence-corrected chi connectivity index (χ2v) is 3.41. The second-order valence-electron chi connectivity index (χ2n) is 3.00. The Labute approximate surface area is 92.0 Å². The Morgan fingerprint density at radius 1 is 1.67 bits per heavy atom. The molecule has 0 saturated carbocycles. The standard InChI is InChI=1S/C10H11ClFNO2/c1-5-6(11)3-7(12)10(15-2)9(5)8(14)4-13/h3H,4,13H2,1-2H3. The molecule has 0 amide bonds. The Hall–Kier alpha value is -1.13. The normalized spacial score (nSPS) is 10.2. The summed E-state index contributed by atoms with van der Waals surface area (Å²) in [5.74, 6) is -1.16. The van der Waals surface area contributed by atoms with Gasteiger partial charge in [-0.2, -0.15) is 0 Å². The molecule has 0 saturated heterocycles. The summed E-state index contributed by atoms with van der Waals surface area (Å²) in [4.78, 5) is 11.5. The van der Waals surface area contributed by atoms with Crippen molar-refractivity contribution in [2.45, 2.75) is 6.92 Å². The maximum absolute atomic E-state index is 13.4. The summed E-state index contributed by atoms with van der Waals surface area (Å²) in [7, 11) is 1.29. The number of ether oxygens (including phenoxy) is 1. The van der Waals surface area contributed by atoms with Crippen LogP contribution in [0.15, 0.2) is 6.07 Å². The van der Waals surface area contributed by atoms with Crippen LogP contribution >= 0.6 is 11.6 Å². The van der Waals surface area contributed by atoms with Crippen LogP contribution in [0.1, 0.15) is 15.9 Å². The molecule has 0 radical (unpaired) electrons. The molecule has 1 aromatic rings. The third kappa shape index (κ3) is 2.11. The Kier molecular flexibility index (Phi) is 3.66. The van der Waals surface area contributed by atoms with Crippen LogP contribution in [-0.4, -0.2) is 19.4 Å². The number of benzene rings is 1. The van der Waals surface area contributed by atoms with Gasteiger partial charge in [-0.3, -0.25) is 4.79 Å². The van der Waals surface area contributed by atoms with E-state index in [2.05, 4.69) is 0 Å². The molecule has 0 aliphatic carbocycles. The van der Waals surface area contributed by atoms with E-state index in [1.54, 1.807) is 6.92 Å². The molecule has 0 unspecified atom stereocenters. The predicted molar refractivity (Wildman–Crippen MR) is 56.1 cm³/mol. The van der Waals surface area contributed by atoms with E-state index < -0.39 is 11.6 Å². The van der Waals surface area contributed by atoms with Crippen LogP contribution in [-0.2, 0) is 0 Å². The van der Waals surface area contributed by atoms with Crippen molar-refractivity contribution in [3.63, 3.8) is 0 Å². The van der Waals surface area contributed by atoms with Gasteiger partial charge in [-0.05, 0) is 18.6 Å². The van der Waals surface area contributed by atoms with Crippen molar-refractivity contribution in [1.82, 2.24) is 0 Å². The number of ketones is 1. The lowest BCUT2D eigenvalue weighted by Crippen LogP contribution is -2.16. The summed E-state index contributed by atoms with van der Waals surface area (Å²) in [6, 6.07) is 1.11. The summed E-state index contributed by atoms with van der Waals surface area (Å²) in [6.07, 6.45) is 0. The quantitative estimate of drug-likeness (QED) is 0.809. The van der Waals surface area contributed by atoms with Crippen molar-refractivity contribution in [3.05, 3.63) is 28.0 Å². The highest BCUT2D eigenvalue weighted by Crippen LogP contribution is 2.31. The zero-order chi connectivity index (χ0) is 11.6. The van der Waals surface area contributed by atoms with E-state index in [0.717, 1.165) is 6.07 Å². The molecule has 15 heavy (non-hydrogen) atoms. The fraction of sp³-hybridized carbons (Fsp3) is 0.300. The minimum Gasteiger partial charge on any atom is -0.493 e. The van der Waals surface area contributed by atoms with Gasteiger partial charge in [0.15, 0.2) is 17.3 Å². The SMILES string of the molecule is COc1c(F)cc(Cl)c(C)c1C(=O)CN. The van der Waals surface area contributed by atoms with Gasteiger partial charge in [-0.1, -0.05) is 11.6 Å². The van der Waals surface area contributed by atoms with Gasteiger partial charge in [0.05, 0.1) is 19.2 Å². The Balaban J connectivity index is 3.50. The zero-order valence-corrected chi connectivity index (χ0v) is 9.19. The van der Waals surface area contributed by atoms with E-state index in [1.807, 2.05) is 0 Å². The van der Waals surface area contributed by atoms with Crippen molar-refractivity contribution in [3.8, 4) is 5.75 Å². The van der Waals surface area contributed by atoms with Gasteiger partial charge < -0.3 is 10.5 Å². The van der Waals surface area contributed by atoms with Gasteiger partial charge in [-0.15, -0.1) is 0 Å². The first-order chi connectivity index (χ1) is 7.02. The number of halogens is 2. The molecule has 0 aliphatic heterocycles. The topological polar surface area (TPSA) is 52.3 Å². The van der Waals surface area contributed by atoms with Gasteiger partial charge in [0.2, 0.25) is 0 Å². The molecule has 0 heterocycles. The number of carbonyl (C=O) groups is 1. The largest absolute Gasteiger partial charge is 0.493 e. The number of methoxy groups -OCH3 is 1. The van der Waals surface area contributed by atoms with Gasteiger partial charge in [0, 0.05) is 5.02 Å². The van der Waals surface area contributed by atoms with Crippen molar-refractivity contribution in [1.29, 1.82) is 0 Å². The Morgan fingerprint density at radius 3 is 2.73 bits per heavy atom. The van der Waals surface area contributed by atoms with Crippen molar-refractivity contribution >= 4 is 17.4 Å². The van der Waals surface area contributed by atoms with E-state index in [9.17, 15) is 9.18 Å². The lowest BCUT2D eigenvalue weighted by Gasteiger charge is -2.12. The molecular formula is C10H11ClFNO2. The molecule has 82 valence electrons. The van der Waals surface area contributed by atoms with E-state index >= 15 is 0 Å². The molecule has 0 aliphatic rings. The van der Waals surface area contributed by atoms with Crippen LogP contribution in [0.4, 0.5) is 4.39 Å². The molecule has 3 nitrogen and oxygen atoms in total. The van der Waals surface area contributed by atoms with Crippen LogP contribution in [0, 0.1) is 12.7 Å². The van der Waals surface area contributed by atoms with Gasteiger partial charge >= 0.3 is 0 Å². The summed E-state index contributed by atoms with van der Waals surface area (Å²) in [6.45, 7) is 1.41. The average molecular weight is 232 g/mol. The molecule has 0 spiro atoms. The summed E-state index contributed by atoms with van der Waals surface area (Å²) in [5.41, 5.74) is 5.82. The van der Waals surface area contributed by atoms with Gasteiger partial charge in [-0.25, -0.2) is 4.39 Å². The minimum absolute atomic E-state index is 0.104. The van der Waals surface area contributed by atoms with Gasteiger partial charge in [0.25, 0.3) is 0 Å². The minimum atomic E-state index is -0.662. The Bertz CT molecular complexity index is 407. The first-order valence-electron chi connectivity index (χ1n) is 4.28. The maximum Gasteiger partial charge on any atom is 0.180 e. The number of hydrogen-bond acceptors (Lipinski definition) is 3. The molecule has 0 aromatic heterocycles. The highest BCUT2D eigenvalue weighted by molar-refractivity contribution is 6.32. The third-order valence-corrected chi connectivity index (χ3v) is 2.49. The van der Waals surface area contributed by atoms with Crippen LogP contribution in [0.3, 0.4) is 0 Å². The molecule has 0 fully saturated rings. The van der Waals surface area contributed by atoms with Crippen LogP contribution in [0.5, 0.6) is 5.75 Å². The molecule has 1 rings (SSSR count). The molecule has 1 aromatic carbocycles. The first-order valence-corrected chi connectivity index (χ1v) is 4.66. The number of rotatable bonds is 3. The fourth-order valence-corrected chi connectivity index (χ4v) is 1.52. The fourth-order valence-electron chi connectivity index (χ4n) is 1.33. The van der Waals surface area contributed by atoms with E-state index in [-0.39, 0.29) is 22.9 Å². The first kappa shape index (κ1) is 11.9. The van der Waals surface area contributed by atoms with Crippen molar-refractivity contribution in [2.75, 3.05) is 13.7 Å². The monoisotopic (exact) mass is 231 g/mol. The number of hydrogen-bond donors (Lipinski definition) is 1. The second kappa shape index (κ2) is 4.59. The lowest BCUT2D eigenvalue weighted by molar-refractivity contribution is 0.0997. The zero-order valence-electron chi connectivity index (χ0n) is 8.43. The molecule has 0 bridgehead atoms. The van der Waals surface area contributed by atoms with E-state index in [0.29, 0.717) is 5.56 Å². The third-order valence-electron chi connectivity index (χ3n) is 2.10. The lowest BCUT2D eigenvalue weighted by atomic mass is 10.0. The molecule has 2 N–H and O–H groups in total. The van der Waals surface area contributed by atoms with E-state index in [4.69, 9.17) is 22.1 Å². The molecule has 5 heteroatoms. The molecular weight excluding hydrogens is 221 g/mol. The number of Topliss-reactive ketones (excluding diaryl/α,β-unsaturated/α-hetero) is 1. The van der Waals surface area contributed by atoms with Crippen LogP contribution in [0.25, 0.3) is 0 Å². The number of nitrogens with two attached hydrogens (primary N) is 1. The Morgan fingerprint density at radius 2 is 2.27 bits per heavy atom. The van der Waals surface area contributed by atoms with Crippen molar-refractivity contribution in [2.24, 2.45) is 5.73 Å². The summed E-state index contributed by atoms with van der Waals surface area (Å²) >= 11 is 5.76. The van der Waals surface area contributed by atoms with E-state index in [1.165, 1.54) is 7.11 Å². The molecule has 0 atom stereocenters. The van der Waals surface area contributed by atoms with Gasteiger partial charge in [0.1, 0.15) is 0 Å². The highest BCUT2D eigenvalue weighted by atomic mass is 35.5. The maximum atomic E-state index is 13.4. The summed E-state index contributed by atoms with van der Waals surface area (Å²) < 4.78 is 18.2. The number of carbonyl (C=O) groups excluding carboxylic acids is 1. The average Bonchev–Trinajstić information content (AvgIpc) is 2.21. The predicted octanol–water partition coefficient (Wildman–Crippen LogP) is 1.94.